The van der Waals surface area contributed by atoms with Gasteiger partial charge in [0, 0.05) is 0 Å². The predicted molar refractivity (Wildman–Crippen MR) is 81.0 cm³/mol. The molecule has 0 aliphatic heterocycles. The number of aromatic nitrogens is 2. The third kappa shape index (κ3) is 2.85. The summed E-state index contributed by atoms with van der Waals surface area (Å²) < 4.78 is 13.7. The highest BCUT2D eigenvalue weighted by molar-refractivity contribution is 7.13. The number of carbonyl (C=O) groups excluding carboxylic acids is 1. The van der Waals surface area contributed by atoms with Crippen molar-refractivity contribution in [1.82, 2.24) is 10.2 Å². The monoisotopic (exact) mass is 301 g/mol. The molecule has 2 heterocycles. The summed E-state index contributed by atoms with van der Waals surface area (Å²) in [6.07, 6.45) is 0. The first-order valence-corrected chi connectivity index (χ1v) is 7.18. The molecule has 0 aliphatic rings. The van der Waals surface area contributed by atoms with E-state index in [-0.39, 0.29) is 11.4 Å². The molecule has 2 N–H and O–H groups in total. The average molecular weight is 301 g/mol. The van der Waals surface area contributed by atoms with Gasteiger partial charge in [-0.3, -0.25) is 9.89 Å². The number of thiophene rings is 1. The Kier molecular flexibility index (Phi) is 3.53. The molecule has 1 amide bonds. The number of nitrogens with zero attached hydrogens (tertiary/aromatic N) is 1. The third-order valence-electron chi connectivity index (χ3n) is 2.97. The van der Waals surface area contributed by atoms with Crippen molar-refractivity contribution in [2.24, 2.45) is 0 Å². The van der Waals surface area contributed by atoms with Crippen molar-refractivity contribution in [2.75, 3.05) is 5.32 Å². The number of rotatable bonds is 3. The molecule has 1 aromatic carbocycles. The molecule has 0 saturated heterocycles. The Balaban J connectivity index is 1.79. The molecule has 4 nitrogen and oxygen atoms in total. The lowest BCUT2D eigenvalue weighted by atomic mass is 10.2. The zero-order valence-corrected chi connectivity index (χ0v) is 12.0. The maximum absolute atomic E-state index is 13.7. The van der Waals surface area contributed by atoms with Crippen LogP contribution in [0.1, 0.15) is 16.1 Å². The summed E-state index contributed by atoms with van der Waals surface area (Å²) in [5.41, 5.74) is 1.93. The first kappa shape index (κ1) is 13.5. The highest BCUT2D eigenvalue weighted by Crippen LogP contribution is 2.23. The molecule has 0 saturated carbocycles. The van der Waals surface area contributed by atoms with Crippen LogP contribution in [-0.4, -0.2) is 16.1 Å². The molecule has 106 valence electrons. The molecule has 0 fully saturated rings. The molecule has 0 bridgehead atoms. The third-order valence-corrected chi connectivity index (χ3v) is 3.87. The Labute approximate surface area is 124 Å². The van der Waals surface area contributed by atoms with Gasteiger partial charge in [0.2, 0.25) is 0 Å². The van der Waals surface area contributed by atoms with Crippen molar-refractivity contribution in [2.45, 2.75) is 6.92 Å². The molecule has 0 atom stereocenters. The minimum Gasteiger partial charge on any atom is -0.318 e. The maximum Gasteiger partial charge on any atom is 0.276 e. The predicted octanol–water partition coefficient (Wildman–Crippen LogP) is 3.84. The topological polar surface area (TPSA) is 57.8 Å². The lowest BCUT2D eigenvalue weighted by molar-refractivity contribution is 0.102. The molecule has 0 unspecified atom stereocenters. The number of nitrogens with one attached hydrogen (secondary N) is 2. The highest BCUT2D eigenvalue weighted by atomic mass is 32.1. The van der Waals surface area contributed by atoms with Crippen LogP contribution < -0.4 is 5.32 Å². The summed E-state index contributed by atoms with van der Waals surface area (Å²) in [7, 11) is 0. The number of aromatic amines is 1. The van der Waals surface area contributed by atoms with E-state index in [1.807, 2.05) is 17.5 Å². The number of hydrogen-bond acceptors (Lipinski definition) is 3. The highest BCUT2D eigenvalue weighted by Gasteiger charge is 2.14. The fourth-order valence-electron chi connectivity index (χ4n) is 1.90. The molecule has 6 heteroatoms. The van der Waals surface area contributed by atoms with Gasteiger partial charge in [-0.2, -0.15) is 5.10 Å². The van der Waals surface area contributed by atoms with Crippen LogP contribution in [0.3, 0.4) is 0 Å². The smallest absolute Gasteiger partial charge is 0.276 e. The van der Waals surface area contributed by atoms with Crippen LogP contribution in [0.2, 0.25) is 0 Å². The van der Waals surface area contributed by atoms with Gasteiger partial charge in [0.1, 0.15) is 5.82 Å². The summed E-state index contributed by atoms with van der Waals surface area (Å²) in [4.78, 5) is 13.1. The van der Waals surface area contributed by atoms with Crippen LogP contribution in [-0.2, 0) is 0 Å². The van der Waals surface area contributed by atoms with Crippen LogP contribution >= 0.6 is 11.3 Å². The summed E-state index contributed by atoms with van der Waals surface area (Å²) in [5.74, 6) is -0.908. The number of amides is 1. The number of aryl methyl sites for hydroxylation is 1. The van der Waals surface area contributed by atoms with Gasteiger partial charge >= 0.3 is 0 Å². The van der Waals surface area contributed by atoms with Crippen molar-refractivity contribution >= 4 is 22.9 Å². The second-order valence-electron chi connectivity index (χ2n) is 4.58. The number of anilines is 1. The summed E-state index contributed by atoms with van der Waals surface area (Å²) in [6, 6.07) is 10.1. The first-order chi connectivity index (χ1) is 10.1. The fourth-order valence-corrected chi connectivity index (χ4v) is 2.60. The van der Waals surface area contributed by atoms with Crippen LogP contribution in [0.25, 0.3) is 10.6 Å². The van der Waals surface area contributed by atoms with Gasteiger partial charge in [0.15, 0.2) is 5.69 Å². The Morgan fingerprint density at radius 3 is 2.90 bits per heavy atom. The van der Waals surface area contributed by atoms with Crippen molar-refractivity contribution in [3.63, 3.8) is 0 Å². The van der Waals surface area contributed by atoms with Gasteiger partial charge in [-0.1, -0.05) is 12.1 Å². The van der Waals surface area contributed by atoms with E-state index in [0.29, 0.717) is 0 Å². The molecular weight excluding hydrogens is 289 g/mol. The van der Waals surface area contributed by atoms with E-state index in [2.05, 4.69) is 15.5 Å². The maximum atomic E-state index is 13.7. The van der Waals surface area contributed by atoms with Crippen LogP contribution in [0.15, 0.2) is 41.8 Å². The zero-order valence-electron chi connectivity index (χ0n) is 11.2. The number of H-pyrrole nitrogens is 1. The quantitative estimate of drug-likeness (QED) is 0.772. The van der Waals surface area contributed by atoms with Gasteiger partial charge in [0.25, 0.3) is 5.91 Å². The Hall–Kier alpha value is -2.47. The summed E-state index contributed by atoms with van der Waals surface area (Å²) >= 11 is 1.55. The van der Waals surface area contributed by atoms with E-state index >= 15 is 0 Å². The van der Waals surface area contributed by atoms with Gasteiger partial charge in [0.05, 0.1) is 16.3 Å². The SMILES string of the molecule is Cc1ccc(NC(=O)c2cc(-c3cccs3)[nH]n2)c(F)c1. The fraction of sp³-hybridized carbons (Fsp3) is 0.0667. The van der Waals surface area contributed by atoms with E-state index in [9.17, 15) is 9.18 Å². The van der Waals surface area contributed by atoms with Gasteiger partial charge < -0.3 is 5.32 Å². The van der Waals surface area contributed by atoms with E-state index in [1.165, 1.54) is 12.1 Å². The average Bonchev–Trinajstić information content (AvgIpc) is 3.10. The Morgan fingerprint density at radius 1 is 1.33 bits per heavy atom. The minimum absolute atomic E-state index is 0.145. The van der Waals surface area contributed by atoms with Crippen molar-refractivity contribution in [1.29, 1.82) is 0 Å². The molecule has 0 spiro atoms. The van der Waals surface area contributed by atoms with Gasteiger partial charge in [-0.15, -0.1) is 11.3 Å². The largest absolute Gasteiger partial charge is 0.318 e. The molecule has 2 aromatic heterocycles. The minimum atomic E-state index is -0.461. The van der Waals surface area contributed by atoms with Gasteiger partial charge in [-0.25, -0.2) is 4.39 Å². The second kappa shape index (κ2) is 5.49. The second-order valence-corrected chi connectivity index (χ2v) is 5.53. The first-order valence-electron chi connectivity index (χ1n) is 6.30. The van der Waals surface area contributed by atoms with Crippen molar-refractivity contribution < 1.29 is 9.18 Å². The number of carbonyl (C=O) groups is 1. The van der Waals surface area contributed by atoms with Crippen molar-refractivity contribution in [3.05, 3.63) is 58.9 Å². The number of halogens is 1. The number of benzene rings is 1. The lowest BCUT2D eigenvalue weighted by Gasteiger charge is -2.05. The molecule has 3 rings (SSSR count). The zero-order chi connectivity index (χ0) is 14.8. The van der Waals surface area contributed by atoms with Gasteiger partial charge in [-0.05, 0) is 42.1 Å². The summed E-state index contributed by atoms with van der Waals surface area (Å²) in [5, 5.41) is 11.2. The molecular formula is C15H12FN3OS. The van der Waals surface area contributed by atoms with E-state index in [0.717, 1.165) is 16.1 Å². The van der Waals surface area contributed by atoms with Crippen LogP contribution in [0, 0.1) is 12.7 Å². The lowest BCUT2D eigenvalue weighted by Crippen LogP contribution is -2.13. The normalized spacial score (nSPS) is 10.6. The van der Waals surface area contributed by atoms with Crippen molar-refractivity contribution in [3.8, 4) is 10.6 Å². The van der Waals surface area contributed by atoms with Crippen LogP contribution in [0.4, 0.5) is 10.1 Å². The van der Waals surface area contributed by atoms with E-state index in [4.69, 9.17) is 0 Å². The van der Waals surface area contributed by atoms with E-state index < -0.39 is 11.7 Å². The van der Waals surface area contributed by atoms with Crippen LogP contribution in [0.5, 0.6) is 0 Å². The standard InChI is InChI=1S/C15H12FN3OS/c1-9-4-5-11(10(16)7-9)17-15(20)13-8-12(18-19-13)14-3-2-6-21-14/h2-8H,1H3,(H,17,20)(H,18,19). The summed E-state index contributed by atoms with van der Waals surface area (Å²) in [6.45, 7) is 1.79. The van der Waals surface area contributed by atoms with E-state index in [1.54, 1.807) is 30.4 Å². The molecule has 0 radical (unpaired) electrons. The molecule has 3 aromatic rings. The molecule has 21 heavy (non-hydrogen) atoms. The molecule has 0 aliphatic carbocycles. The number of hydrogen-bond donors (Lipinski definition) is 2. The Bertz CT molecular complexity index is 780. The Morgan fingerprint density at radius 2 is 2.19 bits per heavy atom.